The first-order chi connectivity index (χ1) is 13.9. The summed E-state index contributed by atoms with van der Waals surface area (Å²) in [6.07, 6.45) is 4.76. The maximum Gasteiger partial charge on any atom is 0.286 e. The fourth-order valence-electron chi connectivity index (χ4n) is 2.91. The zero-order valence-corrected chi connectivity index (χ0v) is 17.1. The number of rotatable bonds is 4. The molecule has 0 radical (unpaired) electrons. The van der Waals surface area contributed by atoms with Gasteiger partial charge in [-0.05, 0) is 59.3 Å². The van der Waals surface area contributed by atoms with E-state index in [1.165, 1.54) is 18.0 Å². The summed E-state index contributed by atoms with van der Waals surface area (Å²) in [4.78, 5) is 21.1. The van der Waals surface area contributed by atoms with Gasteiger partial charge in [-0.2, -0.15) is 4.99 Å². The number of nitrogens with one attached hydrogen (secondary N) is 1. The molecule has 1 amide bonds. The summed E-state index contributed by atoms with van der Waals surface area (Å²) in [5.41, 5.74) is 3.25. The van der Waals surface area contributed by atoms with Crippen LogP contribution in [0.25, 0.3) is 17.0 Å². The number of pyridine rings is 1. The summed E-state index contributed by atoms with van der Waals surface area (Å²) in [5.74, 6) is -0.298. The Labute approximate surface area is 172 Å². The number of anilines is 1. The van der Waals surface area contributed by atoms with Crippen molar-refractivity contribution in [3.63, 3.8) is 0 Å². The molecule has 0 fully saturated rings. The number of sulfone groups is 1. The summed E-state index contributed by atoms with van der Waals surface area (Å²) in [5, 5.41) is 4.59. The second-order valence-corrected chi connectivity index (χ2v) is 9.85. The molecule has 4 rings (SSSR count). The molecule has 8 heteroatoms. The highest BCUT2D eigenvalue weighted by molar-refractivity contribution is 8.18. The number of aromatic nitrogens is 1. The quantitative estimate of drug-likeness (QED) is 0.641. The molecule has 1 N–H and O–H groups in total. The molecule has 1 aromatic heterocycles. The van der Waals surface area contributed by atoms with E-state index < -0.39 is 9.84 Å². The van der Waals surface area contributed by atoms with Gasteiger partial charge in [0.15, 0.2) is 15.0 Å². The van der Waals surface area contributed by atoms with Crippen LogP contribution in [0.15, 0.2) is 70.7 Å². The summed E-state index contributed by atoms with van der Waals surface area (Å²) in [7, 11) is -3.07. The van der Waals surface area contributed by atoms with E-state index in [4.69, 9.17) is 0 Å². The third-order valence-corrected chi connectivity index (χ3v) is 5.94. The van der Waals surface area contributed by atoms with Gasteiger partial charge in [0.05, 0.1) is 16.2 Å². The zero-order chi connectivity index (χ0) is 20.4. The number of hydrogen-bond acceptors (Lipinski definition) is 6. The van der Waals surface area contributed by atoms with Crippen LogP contribution in [0.5, 0.6) is 0 Å². The van der Waals surface area contributed by atoms with Crippen LogP contribution < -0.4 is 5.32 Å². The molecule has 3 aromatic rings. The van der Waals surface area contributed by atoms with Crippen LogP contribution in [-0.4, -0.2) is 30.7 Å². The van der Waals surface area contributed by atoms with Gasteiger partial charge in [-0.25, -0.2) is 8.42 Å². The Kier molecular flexibility index (Phi) is 5.21. The van der Waals surface area contributed by atoms with Gasteiger partial charge in [-0.1, -0.05) is 24.3 Å². The molecule has 0 spiro atoms. The maximum absolute atomic E-state index is 12.3. The standard InChI is InChI=1S/C21H17N3O3S2/c1-29(26,27)13-14-4-7-17(8-5-14)23-21-24-20(25)19(28-21)12-15-6-9-18-16(11-15)3-2-10-22-18/h2-12H,13H2,1H3,(H,23,24,25)/b19-12+. The van der Waals surface area contributed by atoms with Crippen molar-refractivity contribution in [2.75, 3.05) is 11.6 Å². The molecule has 1 aliphatic rings. The number of carbonyl (C=O) groups is 1. The molecule has 6 nitrogen and oxygen atoms in total. The smallest absolute Gasteiger partial charge is 0.286 e. The number of aliphatic imine (C=N–C) groups is 1. The molecule has 0 saturated carbocycles. The summed E-state index contributed by atoms with van der Waals surface area (Å²) in [6.45, 7) is 0. The molecule has 0 aliphatic carbocycles. The van der Waals surface area contributed by atoms with Crippen molar-refractivity contribution in [3.8, 4) is 0 Å². The highest BCUT2D eigenvalue weighted by Gasteiger charge is 2.22. The normalized spacial score (nSPS) is 15.7. The van der Waals surface area contributed by atoms with E-state index in [9.17, 15) is 13.2 Å². The highest BCUT2D eigenvalue weighted by Crippen LogP contribution is 2.30. The van der Waals surface area contributed by atoms with Crippen molar-refractivity contribution in [2.45, 2.75) is 5.75 Å². The van der Waals surface area contributed by atoms with E-state index in [1.807, 2.05) is 36.4 Å². The number of amides is 1. The van der Waals surface area contributed by atoms with Crippen LogP contribution in [0.3, 0.4) is 0 Å². The lowest BCUT2D eigenvalue weighted by molar-refractivity contribution is -0.113. The SMILES string of the molecule is CS(=O)(=O)Cc1ccc(NC2=NC(=O)/C(=C\c3ccc4ncccc4c3)S2)cc1. The third kappa shape index (κ3) is 4.90. The fourth-order valence-corrected chi connectivity index (χ4v) is 4.54. The van der Waals surface area contributed by atoms with Gasteiger partial charge in [0.2, 0.25) is 0 Å². The van der Waals surface area contributed by atoms with Crippen molar-refractivity contribution >= 4 is 55.3 Å². The lowest BCUT2D eigenvalue weighted by atomic mass is 10.1. The van der Waals surface area contributed by atoms with Crippen LogP contribution in [-0.2, 0) is 20.4 Å². The average Bonchev–Trinajstić information content (AvgIpc) is 3.01. The molecule has 0 bridgehead atoms. The summed E-state index contributed by atoms with van der Waals surface area (Å²) >= 11 is 1.27. The van der Waals surface area contributed by atoms with Gasteiger partial charge in [-0.3, -0.25) is 9.78 Å². The first-order valence-electron chi connectivity index (χ1n) is 8.77. The van der Waals surface area contributed by atoms with E-state index in [1.54, 1.807) is 30.5 Å². The van der Waals surface area contributed by atoms with Crippen LogP contribution in [0.2, 0.25) is 0 Å². The fraction of sp³-hybridized carbons (Fsp3) is 0.0952. The Morgan fingerprint density at radius 3 is 2.66 bits per heavy atom. The van der Waals surface area contributed by atoms with Gasteiger partial charge < -0.3 is 5.32 Å². The van der Waals surface area contributed by atoms with Crippen molar-refractivity contribution in [2.24, 2.45) is 4.99 Å². The second-order valence-electron chi connectivity index (χ2n) is 6.68. The van der Waals surface area contributed by atoms with Crippen LogP contribution >= 0.6 is 11.8 Å². The predicted molar refractivity (Wildman–Crippen MR) is 118 cm³/mol. The number of benzene rings is 2. The molecule has 0 saturated heterocycles. The molecule has 0 atom stereocenters. The minimum absolute atomic E-state index is 0.00434. The van der Waals surface area contributed by atoms with Gasteiger partial charge in [-0.15, -0.1) is 0 Å². The molecule has 1 aliphatic heterocycles. The van der Waals surface area contributed by atoms with Crippen molar-refractivity contribution in [1.82, 2.24) is 4.98 Å². The van der Waals surface area contributed by atoms with Gasteiger partial charge in [0, 0.05) is 23.5 Å². The number of thioether (sulfide) groups is 1. The molecule has 0 unspecified atom stereocenters. The number of amidine groups is 1. The van der Waals surface area contributed by atoms with Gasteiger partial charge >= 0.3 is 0 Å². The number of hydrogen-bond donors (Lipinski definition) is 1. The maximum atomic E-state index is 12.3. The first kappa shape index (κ1) is 19.4. The minimum Gasteiger partial charge on any atom is -0.334 e. The van der Waals surface area contributed by atoms with Crippen molar-refractivity contribution in [3.05, 3.63) is 76.8 Å². The van der Waals surface area contributed by atoms with Crippen LogP contribution in [0.1, 0.15) is 11.1 Å². The monoisotopic (exact) mass is 423 g/mol. The lowest BCUT2D eigenvalue weighted by Crippen LogP contribution is -2.05. The molecular formula is C21H17N3O3S2. The Morgan fingerprint density at radius 1 is 1.10 bits per heavy atom. The second kappa shape index (κ2) is 7.81. The van der Waals surface area contributed by atoms with E-state index in [-0.39, 0.29) is 11.7 Å². The average molecular weight is 424 g/mol. The summed E-state index contributed by atoms with van der Waals surface area (Å²) in [6, 6.07) is 16.7. The van der Waals surface area contributed by atoms with Crippen molar-refractivity contribution in [1.29, 1.82) is 0 Å². The molecular weight excluding hydrogens is 406 g/mol. The molecule has 146 valence electrons. The number of nitrogens with zero attached hydrogens (tertiary/aromatic N) is 2. The minimum atomic E-state index is -3.07. The van der Waals surface area contributed by atoms with E-state index in [0.717, 1.165) is 22.2 Å². The number of fused-ring (bicyclic) bond motifs is 1. The lowest BCUT2D eigenvalue weighted by Gasteiger charge is -2.06. The topological polar surface area (TPSA) is 88.5 Å². The first-order valence-corrected chi connectivity index (χ1v) is 11.6. The Morgan fingerprint density at radius 2 is 1.90 bits per heavy atom. The van der Waals surface area contributed by atoms with Crippen LogP contribution in [0, 0.1) is 0 Å². The Hall–Kier alpha value is -2.97. The highest BCUT2D eigenvalue weighted by atomic mass is 32.2. The van der Waals surface area contributed by atoms with Gasteiger partial charge in [0.1, 0.15) is 0 Å². The Bertz CT molecular complexity index is 1260. The predicted octanol–water partition coefficient (Wildman–Crippen LogP) is 3.86. The van der Waals surface area contributed by atoms with Crippen LogP contribution in [0.4, 0.5) is 5.69 Å². The van der Waals surface area contributed by atoms with E-state index in [0.29, 0.717) is 15.6 Å². The summed E-state index contributed by atoms with van der Waals surface area (Å²) < 4.78 is 22.7. The van der Waals surface area contributed by atoms with Gasteiger partial charge in [0.25, 0.3) is 5.91 Å². The Balaban J connectivity index is 1.46. The van der Waals surface area contributed by atoms with E-state index in [2.05, 4.69) is 15.3 Å². The molecule has 2 aromatic carbocycles. The van der Waals surface area contributed by atoms with Crippen molar-refractivity contribution < 1.29 is 13.2 Å². The number of carbonyl (C=O) groups excluding carboxylic acids is 1. The van der Waals surface area contributed by atoms with E-state index >= 15 is 0 Å². The molecule has 29 heavy (non-hydrogen) atoms. The zero-order valence-electron chi connectivity index (χ0n) is 15.5. The molecule has 2 heterocycles. The third-order valence-electron chi connectivity index (χ3n) is 4.18. The largest absolute Gasteiger partial charge is 0.334 e.